The Labute approximate surface area is 203 Å². The summed E-state index contributed by atoms with van der Waals surface area (Å²) in [5, 5.41) is 15.3. The zero-order valence-corrected chi connectivity index (χ0v) is 19.8. The highest BCUT2D eigenvalue weighted by Crippen LogP contribution is 2.44. The van der Waals surface area contributed by atoms with Crippen molar-refractivity contribution < 1.29 is 5.11 Å². The number of para-hydroxylation sites is 2. The van der Waals surface area contributed by atoms with E-state index in [0.717, 1.165) is 34.0 Å². The van der Waals surface area contributed by atoms with E-state index in [2.05, 4.69) is 32.8 Å². The van der Waals surface area contributed by atoms with Gasteiger partial charge in [0.25, 0.3) is 0 Å². The molecule has 0 spiro atoms. The maximum Gasteiger partial charge on any atom is 0.174 e. The molecule has 0 bridgehead atoms. The molecule has 2 aromatic carbocycles. The molecule has 33 heavy (non-hydrogen) atoms. The number of benzene rings is 2. The number of aryl methyl sites for hydroxylation is 1. The Kier molecular flexibility index (Phi) is 5.56. The number of pyridine rings is 1. The molecule has 0 saturated carbocycles. The van der Waals surface area contributed by atoms with Crippen LogP contribution < -0.4 is 10.2 Å². The molecule has 1 saturated heterocycles. The minimum absolute atomic E-state index is 0.139. The van der Waals surface area contributed by atoms with Crippen molar-refractivity contribution in [2.24, 2.45) is 0 Å². The highest BCUT2D eigenvalue weighted by molar-refractivity contribution is 7.80. The summed E-state index contributed by atoms with van der Waals surface area (Å²) in [6, 6.07) is 22.9. The van der Waals surface area contributed by atoms with Crippen LogP contribution in [0.25, 0.3) is 5.69 Å². The van der Waals surface area contributed by atoms with Gasteiger partial charge in [-0.15, -0.1) is 0 Å². The van der Waals surface area contributed by atoms with E-state index in [9.17, 15) is 5.11 Å². The van der Waals surface area contributed by atoms with Crippen molar-refractivity contribution in [1.29, 1.82) is 0 Å². The molecule has 3 heterocycles. The van der Waals surface area contributed by atoms with E-state index in [1.165, 1.54) is 0 Å². The van der Waals surface area contributed by atoms with Crippen LogP contribution in [-0.4, -0.2) is 19.8 Å². The van der Waals surface area contributed by atoms with Crippen LogP contribution in [0.3, 0.4) is 0 Å². The van der Waals surface area contributed by atoms with Crippen LogP contribution in [0.1, 0.15) is 34.7 Å². The third-order valence-corrected chi connectivity index (χ3v) is 6.68. The van der Waals surface area contributed by atoms with Crippen molar-refractivity contribution in [1.82, 2.24) is 14.9 Å². The molecule has 2 aromatic heterocycles. The topological polar surface area (TPSA) is 53.3 Å². The number of anilines is 1. The summed E-state index contributed by atoms with van der Waals surface area (Å²) in [6.07, 6.45) is 1.80. The smallest absolute Gasteiger partial charge is 0.174 e. The number of rotatable bonds is 4. The van der Waals surface area contributed by atoms with Crippen molar-refractivity contribution in [2.45, 2.75) is 25.9 Å². The zero-order valence-electron chi connectivity index (χ0n) is 18.2. The summed E-state index contributed by atoms with van der Waals surface area (Å²) >= 11 is 12.0. The Bertz CT molecular complexity index is 1320. The van der Waals surface area contributed by atoms with Crippen LogP contribution in [0.4, 0.5) is 5.69 Å². The highest BCUT2D eigenvalue weighted by atomic mass is 35.5. The van der Waals surface area contributed by atoms with Crippen LogP contribution >= 0.6 is 23.8 Å². The second-order valence-corrected chi connectivity index (χ2v) is 8.95. The Morgan fingerprint density at radius 1 is 1.00 bits per heavy atom. The van der Waals surface area contributed by atoms with E-state index in [0.29, 0.717) is 10.1 Å². The molecule has 7 heteroatoms. The number of phenolic OH excluding ortho intramolecular Hbond substituents is 1. The van der Waals surface area contributed by atoms with Gasteiger partial charge in [-0.2, -0.15) is 0 Å². The van der Waals surface area contributed by atoms with E-state index < -0.39 is 0 Å². The molecule has 1 aliphatic rings. The van der Waals surface area contributed by atoms with Crippen molar-refractivity contribution in [2.75, 3.05) is 4.90 Å². The van der Waals surface area contributed by atoms with E-state index in [-0.39, 0.29) is 17.8 Å². The molecule has 0 aliphatic carbocycles. The molecule has 2 atom stereocenters. The Morgan fingerprint density at radius 2 is 1.73 bits per heavy atom. The number of hydrogen-bond acceptors (Lipinski definition) is 3. The molecule has 4 aromatic rings. The molecule has 2 N–H and O–H groups in total. The van der Waals surface area contributed by atoms with Gasteiger partial charge < -0.3 is 19.9 Å². The Hall–Kier alpha value is -3.35. The first kappa shape index (κ1) is 21.5. The number of aromatic hydroxyl groups is 1. The van der Waals surface area contributed by atoms with Crippen LogP contribution in [0.15, 0.2) is 79.0 Å². The van der Waals surface area contributed by atoms with Crippen LogP contribution in [0.5, 0.6) is 5.75 Å². The van der Waals surface area contributed by atoms with Crippen molar-refractivity contribution >= 4 is 34.6 Å². The van der Waals surface area contributed by atoms with Gasteiger partial charge in [0.15, 0.2) is 5.11 Å². The summed E-state index contributed by atoms with van der Waals surface area (Å²) in [5.41, 5.74) is 5.78. The molecule has 5 nitrogen and oxygen atoms in total. The molecule has 0 radical (unpaired) electrons. The van der Waals surface area contributed by atoms with Crippen LogP contribution in [0, 0.1) is 13.8 Å². The predicted octanol–water partition coefficient (Wildman–Crippen LogP) is 6.03. The van der Waals surface area contributed by atoms with E-state index in [1.54, 1.807) is 12.3 Å². The van der Waals surface area contributed by atoms with Gasteiger partial charge in [-0.1, -0.05) is 29.8 Å². The monoisotopic (exact) mass is 474 g/mol. The SMILES string of the molecule is Cc1cc([C@@H]2[C@H](c3ccccn3)NC(=S)N2c2ccc(Cl)cc2)c(C)n1-c1ccccc1O. The number of nitrogens with zero attached hydrogens (tertiary/aromatic N) is 3. The lowest BCUT2D eigenvalue weighted by atomic mass is 9.96. The zero-order chi connectivity index (χ0) is 23.1. The number of thiocarbonyl (C=S) groups is 1. The molecule has 1 aliphatic heterocycles. The lowest BCUT2D eigenvalue weighted by Crippen LogP contribution is -2.29. The van der Waals surface area contributed by atoms with Gasteiger partial charge in [0, 0.05) is 28.3 Å². The van der Waals surface area contributed by atoms with Crippen molar-refractivity contribution in [3.63, 3.8) is 0 Å². The number of hydrogen-bond donors (Lipinski definition) is 2. The Morgan fingerprint density at radius 3 is 2.42 bits per heavy atom. The van der Waals surface area contributed by atoms with E-state index in [4.69, 9.17) is 23.8 Å². The predicted molar refractivity (Wildman–Crippen MR) is 136 cm³/mol. The average Bonchev–Trinajstić information content (AvgIpc) is 3.31. The first-order chi connectivity index (χ1) is 16.0. The fraction of sp³-hybridized carbons (Fsp3) is 0.154. The van der Waals surface area contributed by atoms with Gasteiger partial charge >= 0.3 is 0 Å². The normalized spacial score (nSPS) is 17.9. The lowest BCUT2D eigenvalue weighted by Gasteiger charge is -2.28. The summed E-state index contributed by atoms with van der Waals surface area (Å²) in [4.78, 5) is 6.75. The lowest BCUT2D eigenvalue weighted by molar-refractivity contribution is 0.471. The second-order valence-electron chi connectivity index (χ2n) is 8.12. The van der Waals surface area contributed by atoms with E-state index >= 15 is 0 Å². The third kappa shape index (κ3) is 3.75. The maximum absolute atomic E-state index is 10.5. The fourth-order valence-electron chi connectivity index (χ4n) is 4.66. The molecule has 166 valence electrons. The minimum atomic E-state index is -0.146. The van der Waals surface area contributed by atoms with Gasteiger partial charge in [-0.05, 0) is 86.2 Å². The van der Waals surface area contributed by atoms with Gasteiger partial charge in [0.2, 0.25) is 0 Å². The fourth-order valence-corrected chi connectivity index (χ4v) is 5.13. The van der Waals surface area contributed by atoms with Crippen LogP contribution in [0.2, 0.25) is 5.02 Å². The first-order valence-electron chi connectivity index (χ1n) is 10.7. The number of phenols is 1. The number of halogens is 1. The molecule has 0 unspecified atom stereocenters. The summed E-state index contributed by atoms with van der Waals surface area (Å²) in [6.45, 7) is 4.12. The summed E-state index contributed by atoms with van der Waals surface area (Å²) in [7, 11) is 0. The number of aromatic nitrogens is 2. The quantitative estimate of drug-likeness (QED) is 0.354. The van der Waals surface area contributed by atoms with Gasteiger partial charge in [0.1, 0.15) is 5.75 Å². The van der Waals surface area contributed by atoms with Gasteiger partial charge in [-0.25, -0.2) is 0 Å². The van der Waals surface area contributed by atoms with Crippen LogP contribution in [-0.2, 0) is 0 Å². The standard InChI is InChI=1S/C26H23ClN4OS/c1-16-15-20(17(2)30(16)22-8-3-4-9-23(22)32)25-24(21-7-5-6-14-28-21)29-26(33)31(25)19-12-10-18(27)11-13-19/h3-15,24-25,32H,1-2H3,(H,29,33)/t24-,25+/m0/s1. The highest BCUT2D eigenvalue weighted by Gasteiger charge is 2.42. The maximum atomic E-state index is 10.5. The van der Waals surface area contributed by atoms with Crippen molar-refractivity contribution in [3.05, 3.63) is 107 Å². The molecule has 1 fully saturated rings. The van der Waals surface area contributed by atoms with Gasteiger partial charge in [0.05, 0.1) is 23.5 Å². The molecular weight excluding hydrogens is 452 g/mol. The summed E-state index contributed by atoms with van der Waals surface area (Å²) < 4.78 is 2.08. The molecule has 5 rings (SSSR count). The third-order valence-electron chi connectivity index (χ3n) is 6.11. The second kappa shape index (κ2) is 8.54. The Balaban J connectivity index is 1.69. The first-order valence-corrected chi connectivity index (χ1v) is 11.5. The molecular formula is C26H23ClN4OS. The molecule has 0 amide bonds. The number of nitrogens with one attached hydrogen (secondary N) is 1. The van der Waals surface area contributed by atoms with Gasteiger partial charge in [-0.3, -0.25) is 4.98 Å². The summed E-state index contributed by atoms with van der Waals surface area (Å²) in [5.74, 6) is 0.238. The van der Waals surface area contributed by atoms with E-state index in [1.807, 2.05) is 67.6 Å². The minimum Gasteiger partial charge on any atom is -0.506 e. The van der Waals surface area contributed by atoms with Crippen molar-refractivity contribution in [3.8, 4) is 11.4 Å². The average molecular weight is 475 g/mol. The largest absolute Gasteiger partial charge is 0.506 e.